The van der Waals surface area contributed by atoms with Gasteiger partial charge in [0.15, 0.2) is 11.6 Å². The number of ether oxygens (including phenoxy) is 1. The molecule has 1 aliphatic heterocycles. The number of halogens is 4. The van der Waals surface area contributed by atoms with Crippen LogP contribution in [0, 0.1) is 11.6 Å². The van der Waals surface area contributed by atoms with Crippen molar-refractivity contribution in [3.05, 3.63) is 48.3 Å². The molecule has 0 spiro atoms. The Morgan fingerprint density at radius 3 is 2.42 bits per heavy atom. The van der Waals surface area contributed by atoms with Gasteiger partial charge in [-0.25, -0.2) is 23.8 Å². The number of carbonyl (C=O) groups is 3. The number of hydrogen-bond donors (Lipinski definition) is 3. The SMILES string of the molecule is CCN(CCN(NC)C(=O)Nc1ccncc1)c1c(F)cc(N2C[C@H](CNC(=O)C(F)F)OC2=O)cc1F. The Bertz CT molecular complexity index is 1120. The summed E-state index contributed by atoms with van der Waals surface area (Å²) >= 11 is 0. The van der Waals surface area contributed by atoms with Crippen molar-refractivity contribution in [3.8, 4) is 0 Å². The molecule has 0 saturated carbocycles. The normalized spacial score (nSPS) is 14.9. The number of cyclic esters (lactones) is 1. The van der Waals surface area contributed by atoms with E-state index in [0.717, 1.165) is 17.0 Å². The molecule has 0 bridgehead atoms. The first-order chi connectivity index (χ1) is 18.1. The maximum atomic E-state index is 15.1. The van der Waals surface area contributed by atoms with Crippen LogP contribution in [0.2, 0.25) is 0 Å². The minimum atomic E-state index is -3.23. The molecule has 11 nitrogen and oxygen atoms in total. The Labute approximate surface area is 215 Å². The first-order valence-corrected chi connectivity index (χ1v) is 11.6. The fourth-order valence-electron chi connectivity index (χ4n) is 3.73. The van der Waals surface area contributed by atoms with Gasteiger partial charge in [0, 0.05) is 50.4 Å². The van der Waals surface area contributed by atoms with E-state index in [1.54, 1.807) is 19.1 Å². The molecule has 206 valence electrons. The minimum absolute atomic E-state index is 0.0615. The Kier molecular flexibility index (Phi) is 9.65. The molecule has 1 fully saturated rings. The molecule has 2 heterocycles. The number of hydrogen-bond acceptors (Lipinski definition) is 7. The molecular formula is C23H27F4N7O4. The molecular weight excluding hydrogens is 514 g/mol. The maximum absolute atomic E-state index is 15.1. The fourth-order valence-corrected chi connectivity index (χ4v) is 3.73. The quantitative estimate of drug-likeness (QED) is 0.296. The van der Waals surface area contributed by atoms with Crippen LogP contribution in [-0.2, 0) is 9.53 Å². The number of amides is 4. The molecule has 0 unspecified atom stereocenters. The molecule has 1 aliphatic rings. The molecule has 1 aromatic carbocycles. The van der Waals surface area contributed by atoms with Crippen LogP contribution in [0.3, 0.4) is 0 Å². The van der Waals surface area contributed by atoms with Crippen molar-refractivity contribution in [1.82, 2.24) is 20.7 Å². The zero-order valence-electron chi connectivity index (χ0n) is 20.6. The summed E-state index contributed by atoms with van der Waals surface area (Å²) in [6.07, 6.45) is -2.11. The van der Waals surface area contributed by atoms with Crippen molar-refractivity contribution in [2.75, 3.05) is 54.9 Å². The number of alkyl halides is 2. The smallest absolute Gasteiger partial charge is 0.414 e. The van der Waals surface area contributed by atoms with Crippen LogP contribution in [0.4, 0.5) is 44.2 Å². The van der Waals surface area contributed by atoms with Gasteiger partial charge in [-0.3, -0.25) is 19.7 Å². The van der Waals surface area contributed by atoms with Gasteiger partial charge in [0.05, 0.1) is 25.3 Å². The Morgan fingerprint density at radius 1 is 1.18 bits per heavy atom. The van der Waals surface area contributed by atoms with Crippen LogP contribution in [0.1, 0.15) is 6.92 Å². The topological polar surface area (TPSA) is 119 Å². The predicted molar refractivity (Wildman–Crippen MR) is 130 cm³/mol. The molecule has 1 saturated heterocycles. The number of benzene rings is 1. The largest absolute Gasteiger partial charge is 0.442 e. The van der Waals surface area contributed by atoms with E-state index in [1.807, 2.05) is 5.32 Å². The third kappa shape index (κ3) is 7.00. The predicted octanol–water partition coefficient (Wildman–Crippen LogP) is 2.56. The van der Waals surface area contributed by atoms with Crippen LogP contribution in [-0.4, -0.2) is 80.3 Å². The lowest BCUT2D eigenvalue weighted by molar-refractivity contribution is -0.132. The standard InChI is InChI=1S/C23H27F4N7O4/c1-3-32(8-9-34(28-2)22(36)31-14-4-6-29-7-5-14)19-17(24)10-15(11-18(19)25)33-13-16(38-23(33)37)12-30-21(35)20(26)27/h4-7,10-11,16,20,28H,3,8-9,12-13H2,1-2H3,(H,30,35)(H,29,31,36)/t16-/m0/s1. The maximum Gasteiger partial charge on any atom is 0.414 e. The number of rotatable bonds is 11. The number of aromatic nitrogens is 1. The average Bonchev–Trinajstić information content (AvgIpc) is 3.26. The summed E-state index contributed by atoms with van der Waals surface area (Å²) in [5, 5.41) is 5.84. The van der Waals surface area contributed by atoms with E-state index in [4.69, 9.17) is 4.74 Å². The number of carbonyl (C=O) groups excluding carboxylic acids is 3. The third-order valence-corrected chi connectivity index (χ3v) is 5.63. The van der Waals surface area contributed by atoms with E-state index in [9.17, 15) is 23.2 Å². The van der Waals surface area contributed by atoms with Crippen LogP contribution in [0.5, 0.6) is 0 Å². The monoisotopic (exact) mass is 541 g/mol. The summed E-state index contributed by atoms with van der Waals surface area (Å²) in [4.78, 5) is 42.0. The minimum Gasteiger partial charge on any atom is -0.442 e. The van der Waals surface area contributed by atoms with E-state index >= 15 is 8.78 Å². The second kappa shape index (κ2) is 12.9. The van der Waals surface area contributed by atoms with E-state index in [0.29, 0.717) is 5.69 Å². The number of urea groups is 1. The second-order valence-electron chi connectivity index (χ2n) is 8.04. The summed E-state index contributed by atoms with van der Waals surface area (Å²) in [6.45, 7) is 1.42. The molecule has 1 atom stereocenters. The Morgan fingerprint density at radius 2 is 1.84 bits per heavy atom. The molecule has 1 aromatic heterocycles. The third-order valence-electron chi connectivity index (χ3n) is 5.63. The lowest BCUT2D eigenvalue weighted by Crippen LogP contribution is -2.47. The van der Waals surface area contributed by atoms with Crippen LogP contribution < -0.4 is 25.9 Å². The van der Waals surface area contributed by atoms with Crippen molar-refractivity contribution in [2.45, 2.75) is 19.5 Å². The van der Waals surface area contributed by atoms with Crippen molar-refractivity contribution >= 4 is 35.1 Å². The van der Waals surface area contributed by atoms with Gasteiger partial charge < -0.3 is 20.3 Å². The lowest BCUT2D eigenvalue weighted by Gasteiger charge is -2.29. The number of anilines is 3. The highest BCUT2D eigenvalue weighted by atomic mass is 19.3. The number of pyridine rings is 1. The summed E-state index contributed by atoms with van der Waals surface area (Å²) in [5.41, 5.74) is 2.75. The first kappa shape index (κ1) is 28.4. The van der Waals surface area contributed by atoms with Gasteiger partial charge in [0.25, 0.3) is 5.91 Å². The molecule has 0 radical (unpaired) electrons. The Balaban J connectivity index is 1.66. The number of nitrogens with zero attached hydrogens (tertiary/aromatic N) is 4. The zero-order chi connectivity index (χ0) is 27.8. The van der Waals surface area contributed by atoms with E-state index in [1.165, 1.54) is 29.4 Å². The molecule has 15 heteroatoms. The number of hydrazine groups is 1. The number of likely N-dealkylation sites (N-methyl/N-ethyl adjacent to an activating group) is 1. The highest BCUT2D eigenvalue weighted by Crippen LogP contribution is 2.31. The van der Waals surface area contributed by atoms with Gasteiger partial charge in [-0.1, -0.05) is 0 Å². The van der Waals surface area contributed by atoms with Crippen LogP contribution >= 0.6 is 0 Å². The van der Waals surface area contributed by atoms with Gasteiger partial charge in [0.1, 0.15) is 11.8 Å². The molecule has 3 N–H and O–H groups in total. The summed E-state index contributed by atoms with van der Waals surface area (Å²) < 4.78 is 59.9. The van der Waals surface area contributed by atoms with Gasteiger partial charge in [-0.05, 0) is 19.1 Å². The molecule has 2 aromatic rings. The summed E-state index contributed by atoms with van der Waals surface area (Å²) in [7, 11) is 1.53. The van der Waals surface area contributed by atoms with Gasteiger partial charge >= 0.3 is 18.5 Å². The van der Waals surface area contributed by atoms with Gasteiger partial charge in [-0.15, -0.1) is 0 Å². The average molecular weight is 542 g/mol. The van der Waals surface area contributed by atoms with Crippen molar-refractivity contribution < 1.29 is 36.7 Å². The first-order valence-electron chi connectivity index (χ1n) is 11.6. The molecule has 4 amide bonds. The van der Waals surface area contributed by atoms with Gasteiger partial charge in [0.2, 0.25) is 0 Å². The van der Waals surface area contributed by atoms with Gasteiger partial charge in [-0.2, -0.15) is 8.78 Å². The molecule has 38 heavy (non-hydrogen) atoms. The lowest BCUT2D eigenvalue weighted by atomic mass is 10.2. The highest BCUT2D eigenvalue weighted by molar-refractivity contribution is 5.90. The van der Waals surface area contributed by atoms with E-state index < -0.39 is 42.2 Å². The van der Waals surface area contributed by atoms with Crippen molar-refractivity contribution in [1.29, 1.82) is 0 Å². The molecule has 0 aliphatic carbocycles. The summed E-state index contributed by atoms with van der Waals surface area (Å²) in [6, 6.07) is 4.63. The fraction of sp³-hybridized carbons (Fsp3) is 0.391. The summed E-state index contributed by atoms with van der Waals surface area (Å²) in [5.74, 6) is -3.44. The Hall–Kier alpha value is -4.14. The highest BCUT2D eigenvalue weighted by Gasteiger charge is 2.34. The second-order valence-corrected chi connectivity index (χ2v) is 8.04. The van der Waals surface area contributed by atoms with Crippen LogP contribution in [0.25, 0.3) is 0 Å². The van der Waals surface area contributed by atoms with Crippen LogP contribution in [0.15, 0.2) is 36.7 Å². The van der Waals surface area contributed by atoms with Crippen molar-refractivity contribution in [2.24, 2.45) is 0 Å². The van der Waals surface area contributed by atoms with E-state index in [2.05, 4.69) is 15.7 Å². The number of nitrogens with one attached hydrogen (secondary N) is 3. The molecule has 3 rings (SSSR count). The van der Waals surface area contributed by atoms with Crippen molar-refractivity contribution in [3.63, 3.8) is 0 Å². The van der Waals surface area contributed by atoms with E-state index in [-0.39, 0.29) is 44.1 Å². The zero-order valence-corrected chi connectivity index (χ0v) is 20.6.